The van der Waals surface area contributed by atoms with Crippen LogP contribution < -0.4 is 15.0 Å². The van der Waals surface area contributed by atoms with Crippen molar-refractivity contribution in [2.24, 2.45) is 5.92 Å². The lowest BCUT2D eigenvalue weighted by Crippen LogP contribution is -2.38. The van der Waals surface area contributed by atoms with Crippen LogP contribution in [-0.2, 0) is 4.79 Å². The van der Waals surface area contributed by atoms with Gasteiger partial charge in [-0.25, -0.2) is 0 Å². The molecule has 4 heteroatoms. The molecule has 0 unspecified atom stereocenters. The Balaban J connectivity index is 1.65. The molecule has 4 nitrogen and oxygen atoms in total. The largest absolute Gasteiger partial charge is 0.492 e. The number of carbonyl (C=O) groups excluding carboxylic acids is 1. The lowest BCUT2D eigenvalue weighted by atomic mass is 9.99. The van der Waals surface area contributed by atoms with Gasteiger partial charge in [0, 0.05) is 6.54 Å². The van der Waals surface area contributed by atoms with E-state index in [2.05, 4.69) is 31.3 Å². The summed E-state index contributed by atoms with van der Waals surface area (Å²) < 4.78 is 5.90. The van der Waals surface area contributed by atoms with Crippen molar-refractivity contribution in [3.05, 3.63) is 54.1 Å². The summed E-state index contributed by atoms with van der Waals surface area (Å²) in [7, 11) is 0. The fourth-order valence-corrected chi connectivity index (χ4v) is 3.21. The molecule has 1 aliphatic rings. The van der Waals surface area contributed by atoms with Gasteiger partial charge in [-0.15, -0.1) is 0 Å². The van der Waals surface area contributed by atoms with Crippen LogP contribution in [0.3, 0.4) is 0 Å². The Bertz CT molecular complexity index is 742. The van der Waals surface area contributed by atoms with Crippen LogP contribution in [0.25, 0.3) is 0 Å². The van der Waals surface area contributed by atoms with E-state index in [0.717, 1.165) is 23.5 Å². The van der Waals surface area contributed by atoms with E-state index in [4.69, 9.17) is 4.74 Å². The van der Waals surface area contributed by atoms with Gasteiger partial charge >= 0.3 is 0 Å². The van der Waals surface area contributed by atoms with Gasteiger partial charge in [0.2, 0.25) is 5.91 Å². The number of nitrogens with zero attached hydrogens (tertiary/aromatic N) is 1. The molecule has 1 amide bonds. The molecule has 1 N–H and O–H groups in total. The van der Waals surface area contributed by atoms with E-state index < -0.39 is 0 Å². The summed E-state index contributed by atoms with van der Waals surface area (Å²) in [6.45, 7) is 8.05. The van der Waals surface area contributed by atoms with Crippen LogP contribution in [0, 0.1) is 5.92 Å². The van der Waals surface area contributed by atoms with Crippen molar-refractivity contribution in [2.45, 2.75) is 33.1 Å². The molecule has 1 heterocycles. The molecule has 0 radical (unpaired) electrons. The topological polar surface area (TPSA) is 41.6 Å². The molecule has 0 saturated heterocycles. The number of benzene rings is 2. The molecule has 0 aromatic heterocycles. The number of amides is 1. The summed E-state index contributed by atoms with van der Waals surface area (Å²) in [5, 5.41) is 3.36. The first-order valence-corrected chi connectivity index (χ1v) is 9.47. The summed E-state index contributed by atoms with van der Waals surface area (Å²) in [5.41, 5.74) is 3.26. The Morgan fingerprint density at radius 1 is 1.19 bits per heavy atom. The van der Waals surface area contributed by atoms with Crippen LogP contribution in [0.4, 0.5) is 11.4 Å². The molecule has 0 spiro atoms. The monoisotopic (exact) mass is 352 g/mol. The van der Waals surface area contributed by atoms with E-state index in [1.165, 1.54) is 5.56 Å². The van der Waals surface area contributed by atoms with Crippen molar-refractivity contribution in [1.82, 2.24) is 0 Å². The fourth-order valence-electron chi connectivity index (χ4n) is 3.21. The van der Waals surface area contributed by atoms with Crippen molar-refractivity contribution < 1.29 is 9.53 Å². The molecule has 3 rings (SSSR count). The second kappa shape index (κ2) is 8.26. The summed E-state index contributed by atoms with van der Waals surface area (Å²) in [4.78, 5) is 14.6. The Morgan fingerprint density at radius 2 is 1.92 bits per heavy atom. The highest BCUT2D eigenvalue weighted by molar-refractivity contribution is 5.99. The molecule has 0 aliphatic carbocycles. The Hall–Kier alpha value is -2.49. The van der Waals surface area contributed by atoms with Crippen LogP contribution in [0.1, 0.15) is 38.7 Å². The standard InChI is InChI=1S/C22H28N2O2/c1-4-16(2)18-9-11-19(12-10-18)26-14-13-24-21-8-6-5-7-20(21)23-15-17(3)22(24)25/h5-12,16-17,23H,4,13-15H2,1-3H3/t16-,17-/m0/s1. The number of anilines is 2. The van der Waals surface area contributed by atoms with E-state index in [-0.39, 0.29) is 11.8 Å². The van der Waals surface area contributed by atoms with Crippen molar-refractivity contribution >= 4 is 17.3 Å². The minimum atomic E-state index is -0.0581. The van der Waals surface area contributed by atoms with Crippen molar-refractivity contribution in [3.8, 4) is 5.75 Å². The number of ether oxygens (including phenoxy) is 1. The van der Waals surface area contributed by atoms with Crippen LogP contribution in [0.15, 0.2) is 48.5 Å². The zero-order valence-electron chi connectivity index (χ0n) is 15.9. The van der Waals surface area contributed by atoms with E-state index in [0.29, 0.717) is 25.6 Å². The molecule has 0 saturated carbocycles. The highest BCUT2D eigenvalue weighted by Crippen LogP contribution is 2.30. The van der Waals surface area contributed by atoms with Crippen LogP contribution in [0.5, 0.6) is 5.75 Å². The van der Waals surface area contributed by atoms with Crippen molar-refractivity contribution in [2.75, 3.05) is 29.9 Å². The Labute approximate surface area is 156 Å². The van der Waals surface area contributed by atoms with Crippen LogP contribution in [0.2, 0.25) is 0 Å². The number of para-hydroxylation sites is 2. The normalized spacial score (nSPS) is 17.9. The molecule has 0 bridgehead atoms. The highest BCUT2D eigenvalue weighted by atomic mass is 16.5. The second-order valence-electron chi connectivity index (χ2n) is 7.02. The number of nitrogens with one attached hydrogen (secondary N) is 1. The Kier molecular flexibility index (Phi) is 5.82. The van der Waals surface area contributed by atoms with Crippen molar-refractivity contribution in [1.29, 1.82) is 0 Å². The van der Waals surface area contributed by atoms with E-state index in [1.54, 1.807) is 0 Å². The molecule has 2 aromatic carbocycles. The number of fused-ring (bicyclic) bond motifs is 1. The zero-order chi connectivity index (χ0) is 18.5. The van der Waals surface area contributed by atoms with Crippen LogP contribution >= 0.6 is 0 Å². The average molecular weight is 352 g/mol. The highest BCUT2D eigenvalue weighted by Gasteiger charge is 2.26. The molecule has 1 aliphatic heterocycles. The van der Waals surface area contributed by atoms with Crippen molar-refractivity contribution in [3.63, 3.8) is 0 Å². The predicted octanol–water partition coefficient (Wildman–Crippen LogP) is 4.67. The van der Waals surface area contributed by atoms with E-state index in [1.807, 2.05) is 48.2 Å². The second-order valence-corrected chi connectivity index (χ2v) is 7.02. The fraction of sp³-hybridized carbons (Fsp3) is 0.409. The van der Waals surface area contributed by atoms with Crippen LogP contribution in [-0.4, -0.2) is 25.6 Å². The minimum absolute atomic E-state index is 0.0581. The lowest BCUT2D eigenvalue weighted by molar-refractivity contribution is -0.121. The third-order valence-electron chi connectivity index (χ3n) is 5.13. The number of rotatable bonds is 6. The quantitative estimate of drug-likeness (QED) is 0.821. The van der Waals surface area contributed by atoms with Gasteiger partial charge in [0.05, 0.1) is 23.8 Å². The van der Waals surface area contributed by atoms with Gasteiger partial charge in [-0.3, -0.25) is 4.79 Å². The van der Waals surface area contributed by atoms with E-state index in [9.17, 15) is 4.79 Å². The summed E-state index contributed by atoms with van der Waals surface area (Å²) in [6, 6.07) is 16.2. The summed E-state index contributed by atoms with van der Waals surface area (Å²) in [6.07, 6.45) is 1.13. The van der Waals surface area contributed by atoms with Gasteiger partial charge in [0.15, 0.2) is 0 Å². The molecular formula is C22H28N2O2. The molecule has 2 atom stereocenters. The maximum absolute atomic E-state index is 12.7. The SMILES string of the molecule is CC[C@H](C)c1ccc(OCCN2C(=O)[C@@H](C)CNc3ccccc32)cc1. The number of hydrogen-bond acceptors (Lipinski definition) is 3. The molecule has 2 aromatic rings. The summed E-state index contributed by atoms with van der Waals surface area (Å²) >= 11 is 0. The van der Waals surface area contributed by atoms with Gasteiger partial charge in [-0.1, -0.05) is 45.0 Å². The molecule has 26 heavy (non-hydrogen) atoms. The number of carbonyl (C=O) groups is 1. The van der Waals surface area contributed by atoms with Gasteiger partial charge < -0.3 is 15.0 Å². The summed E-state index contributed by atoms with van der Waals surface area (Å²) in [5.74, 6) is 1.48. The maximum Gasteiger partial charge on any atom is 0.231 e. The third-order valence-corrected chi connectivity index (χ3v) is 5.13. The van der Waals surface area contributed by atoms with Gasteiger partial charge in [0.25, 0.3) is 0 Å². The Morgan fingerprint density at radius 3 is 2.65 bits per heavy atom. The average Bonchev–Trinajstić information content (AvgIpc) is 2.80. The predicted molar refractivity (Wildman–Crippen MR) is 107 cm³/mol. The van der Waals surface area contributed by atoms with Gasteiger partial charge in [-0.2, -0.15) is 0 Å². The molecule has 138 valence electrons. The smallest absolute Gasteiger partial charge is 0.231 e. The first kappa shape index (κ1) is 18.3. The maximum atomic E-state index is 12.7. The zero-order valence-corrected chi connectivity index (χ0v) is 15.9. The number of hydrogen-bond donors (Lipinski definition) is 1. The molecular weight excluding hydrogens is 324 g/mol. The molecule has 0 fully saturated rings. The third kappa shape index (κ3) is 4.01. The minimum Gasteiger partial charge on any atom is -0.492 e. The first-order chi connectivity index (χ1) is 12.6. The van der Waals surface area contributed by atoms with E-state index >= 15 is 0 Å². The first-order valence-electron chi connectivity index (χ1n) is 9.47. The lowest BCUT2D eigenvalue weighted by Gasteiger charge is -2.24. The van der Waals surface area contributed by atoms with Gasteiger partial charge in [0.1, 0.15) is 12.4 Å². The van der Waals surface area contributed by atoms with Gasteiger partial charge in [-0.05, 0) is 42.2 Å².